The van der Waals surface area contributed by atoms with Crippen molar-refractivity contribution in [1.29, 1.82) is 0 Å². The molecule has 10 heteroatoms. The molecule has 1 fully saturated rings. The number of nitrogens with zero attached hydrogens (tertiary/aromatic N) is 4. The predicted octanol–water partition coefficient (Wildman–Crippen LogP) is 3.37. The molecule has 1 unspecified atom stereocenters. The van der Waals surface area contributed by atoms with Gasteiger partial charge in [0.15, 0.2) is 5.16 Å². The van der Waals surface area contributed by atoms with E-state index in [1.807, 2.05) is 0 Å². The summed E-state index contributed by atoms with van der Waals surface area (Å²) in [6.07, 6.45) is 2.55. The van der Waals surface area contributed by atoms with Gasteiger partial charge in [-0.25, -0.2) is 24.4 Å². The van der Waals surface area contributed by atoms with Crippen LogP contribution in [0.25, 0.3) is 0 Å². The molecule has 0 saturated carbocycles. The third-order valence-corrected chi connectivity index (χ3v) is 5.32. The minimum absolute atomic E-state index is 0. The fourth-order valence-corrected chi connectivity index (χ4v) is 3.39. The van der Waals surface area contributed by atoms with Crippen molar-refractivity contribution in [3.05, 3.63) is 53.6 Å². The lowest BCUT2D eigenvalue weighted by atomic mass is 9.97. The van der Waals surface area contributed by atoms with Crippen LogP contribution in [0.1, 0.15) is 44.2 Å². The quantitative estimate of drug-likeness (QED) is 0.371. The maximum atomic E-state index is 13.2. The van der Waals surface area contributed by atoms with E-state index >= 15 is 0 Å². The number of carbonyl (C=O) groups excluding carboxylic acids is 3. The molecule has 0 N–H and O–H groups in total. The summed E-state index contributed by atoms with van der Waals surface area (Å²) >= 11 is 1.29. The Hall–Kier alpha value is -3.01. The van der Waals surface area contributed by atoms with Crippen LogP contribution in [0.2, 0.25) is 0 Å². The lowest BCUT2D eigenvalue weighted by Crippen LogP contribution is -2.45. The molecule has 0 aliphatic carbocycles. The van der Waals surface area contributed by atoms with Gasteiger partial charge in [0.05, 0.1) is 24.9 Å². The number of amides is 2. The first-order valence-corrected chi connectivity index (χ1v) is 11.3. The zero-order valence-corrected chi connectivity index (χ0v) is 19.2. The van der Waals surface area contributed by atoms with Gasteiger partial charge in [-0.15, -0.1) is 0 Å². The van der Waals surface area contributed by atoms with Crippen molar-refractivity contribution < 1.29 is 23.5 Å². The number of halogens is 1. The molecular formula is C23H29FN4O4S. The Balaban J connectivity index is 0.00000385. The van der Waals surface area contributed by atoms with Crippen LogP contribution in [-0.2, 0) is 20.7 Å². The highest BCUT2D eigenvalue weighted by Gasteiger charge is 2.40. The standard InChI is InChI=1S/C22H25FN4O4S.CH4/c1-22(2,3)20(30)31-16-12-26(18(28)11-14-5-7-15(23)8-6-14)27(13-16)19(29)17-9-10-24-21(25-17)32-4;/h5-10,16H,11-13H2,1-4H3;1H4. The smallest absolute Gasteiger partial charge is 0.311 e. The molecule has 2 heterocycles. The molecule has 1 saturated heterocycles. The van der Waals surface area contributed by atoms with Crippen LogP contribution in [0.3, 0.4) is 0 Å². The average molecular weight is 477 g/mol. The van der Waals surface area contributed by atoms with Gasteiger partial charge in [-0.3, -0.25) is 14.4 Å². The van der Waals surface area contributed by atoms with Crippen molar-refractivity contribution in [2.45, 2.75) is 45.9 Å². The van der Waals surface area contributed by atoms with E-state index in [9.17, 15) is 18.8 Å². The molecule has 1 aliphatic heterocycles. The van der Waals surface area contributed by atoms with Crippen LogP contribution in [0.15, 0.2) is 41.7 Å². The molecule has 1 atom stereocenters. The Labute approximate surface area is 197 Å². The van der Waals surface area contributed by atoms with Crippen LogP contribution < -0.4 is 0 Å². The van der Waals surface area contributed by atoms with Crippen LogP contribution in [0.5, 0.6) is 0 Å². The van der Waals surface area contributed by atoms with Gasteiger partial charge < -0.3 is 4.74 Å². The number of esters is 1. The minimum atomic E-state index is -0.722. The summed E-state index contributed by atoms with van der Waals surface area (Å²) in [5.41, 5.74) is 0.0117. The number of hydrogen-bond acceptors (Lipinski definition) is 7. The molecule has 3 rings (SSSR count). The Morgan fingerprint density at radius 1 is 1.12 bits per heavy atom. The Kier molecular flexibility index (Phi) is 8.54. The summed E-state index contributed by atoms with van der Waals surface area (Å²) in [7, 11) is 0. The number of rotatable bonds is 5. The van der Waals surface area contributed by atoms with Gasteiger partial charge in [-0.1, -0.05) is 31.3 Å². The van der Waals surface area contributed by atoms with Crippen LogP contribution in [-0.4, -0.2) is 63.2 Å². The van der Waals surface area contributed by atoms with Gasteiger partial charge in [-0.05, 0) is 50.8 Å². The first-order valence-electron chi connectivity index (χ1n) is 10.0. The fraction of sp³-hybridized carbons (Fsp3) is 0.435. The molecule has 8 nitrogen and oxygen atoms in total. The second-order valence-electron chi connectivity index (χ2n) is 8.37. The molecule has 0 spiro atoms. The first kappa shape index (κ1) is 26.2. The number of hydrazine groups is 1. The first-order chi connectivity index (χ1) is 15.1. The number of hydrogen-bond donors (Lipinski definition) is 0. The fourth-order valence-electron chi connectivity index (χ4n) is 3.03. The topological polar surface area (TPSA) is 92.7 Å². The minimum Gasteiger partial charge on any atom is -0.458 e. The largest absolute Gasteiger partial charge is 0.458 e. The number of ether oxygens (including phenoxy) is 1. The van der Waals surface area contributed by atoms with E-state index < -0.39 is 29.2 Å². The summed E-state index contributed by atoms with van der Waals surface area (Å²) in [6, 6.07) is 7.05. The molecule has 0 bridgehead atoms. The van der Waals surface area contributed by atoms with Gasteiger partial charge >= 0.3 is 5.97 Å². The van der Waals surface area contributed by atoms with E-state index in [-0.39, 0.29) is 38.5 Å². The lowest BCUT2D eigenvalue weighted by Gasteiger charge is -2.27. The van der Waals surface area contributed by atoms with E-state index in [1.54, 1.807) is 27.0 Å². The van der Waals surface area contributed by atoms with E-state index in [4.69, 9.17) is 4.74 Å². The average Bonchev–Trinajstić information content (AvgIpc) is 3.18. The van der Waals surface area contributed by atoms with Gasteiger partial charge in [0.1, 0.15) is 17.6 Å². The van der Waals surface area contributed by atoms with Crippen LogP contribution in [0, 0.1) is 11.2 Å². The Morgan fingerprint density at radius 3 is 2.36 bits per heavy atom. The maximum absolute atomic E-state index is 13.2. The van der Waals surface area contributed by atoms with Crippen molar-refractivity contribution in [2.75, 3.05) is 19.3 Å². The highest BCUT2D eigenvalue weighted by Crippen LogP contribution is 2.23. The molecule has 1 aromatic heterocycles. The SMILES string of the molecule is C.CSc1nccc(C(=O)N2CC(OC(=O)C(C)(C)C)CN2C(=O)Cc2ccc(F)cc2)n1. The molecule has 1 aromatic carbocycles. The second kappa shape index (κ2) is 10.7. The van der Waals surface area contributed by atoms with Gasteiger partial charge in [0.25, 0.3) is 5.91 Å². The Bertz CT molecular complexity index is 1010. The van der Waals surface area contributed by atoms with Gasteiger partial charge in [-0.2, -0.15) is 0 Å². The van der Waals surface area contributed by atoms with Gasteiger partial charge in [0, 0.05) is 6.20 Å². The number of thioether (sulfide) groups is 1. The van der Waals surface area contributed by atoms with E-state index in [2.05, 4.69) is 9.97 Å². The molecule has 0 radical (unpaired) electrons. The summed E-state index contributed by atoms with van der Waals surface area (Å²) in [4.78, 5) is 46.9. The summed E-state index contributed by atoms with van der Waals surface area (Å²) < 4.78 is 18.8. The zero-order chi connectivity index (χ0) is 23.5. The maximum Gasteiger partial charge on any atom is 0.311 e. The Morgan fingerprint density at radius 2 is 1.76 bits per heavy atom. The summed E-state index contributed by atoms with van der Waals surface area (Å²) in [5, 5.41) is 2.95. The van der Waals surface area contributed by atoms with Crippen LogP contribution in [0.4, 0.5) is 4.39 Å². The van der Waals surface area contributed by atoms with Crippen molar-refractivity contribution in [1.82, 2.24) is 20.0 Å². The summed E-state index contributed by atoms with van der Waals surface area (Å²) in [5.74, 6) is -1.70. The predicted molar refractivity (Wildman–Crippen MR) is 123 cm³/mol. The van der Waals surface area contributed by atoms with Crippen LogP contribution >= 0.6 is 11.8 Å². The number of benzene rings is 1. The molecule has 2 aromatic rings. The second-order valence-corrected chi connectivity index (χ2v) is 9.15. The van der Waals surface area contributed by atoms with E-state index in [1.165, 1.54) is 58.3 Å². The van der Waals surface area contributed by atoms with Crippen molar-refractivity contribution >= 4 is 29.5 Å². The van der Waals surface area contributed by atoms with Crippen molar-refractivity contribution in [3.8, 4) is 0 Å². The number of carbonyl (C=O) groups is 3. The van der Waals surface area contributed by atoms with E-state index in [0.717, 1.165) is 0 Å². The zero-order valence-electron chi connectivity index (χ0n) is 18.4. The van der Waals surface area contributed by atoms with Crippen molar-refractivity contribution in [2.24, 2.45) is 5.41 Å². The highest BCUT2D eigenvalue weighted by molar-refractivity contribution is 7.98. The molecule has 2 amide bonds. The van der Waals surface area contributed by atoms with Gasteiger partial charge in [0.2, 0.25) is 5.91 Å². The molecule has 178 valence electrons. The molecule has 1 aliphatic rings. The number of aromatic nitrogens is 2. The lowest BCUT2D eigenvalue weighted by molar-refractivity contribution is -0.157. The highest BCUT2D eigenvalue weighted by atomic mass is 32.2. The monoisotopic (exact) mass is 476 g/mol. The van der Waals surface area contributed by atoms with E-state index in [0.29, 0.717) is 10.7 Å². The summed E-state index contributed by atoms with van der Waals surface area (Å²) in [6.45, 7) is 5.25. The third kappa shape index (κ3) is 6.50. The molecular weight excluding hydrogens is 447 g/mol. The van der Waals surface area contributed by atoms with Crippen molar-refractivity contribution in [3.63, 3.8) is 0 Å². The third-order valence-electron chi connectivity index (χ3n) is 4.76. The molecule has 33 heavy (non-hydrogen) atoms. The normalized spacial score (nSPS) is 15.7.